The van der Waals surface area contributed by atoms with Crippen molar-refractivity contribution in [2.24, 2.45) is 12.0 Å². The number of fused-ring (bicyclic) bond motifs is 1. The zero-order chi connectivity index (χ0) is 20.1. The van der Waals surface area contributed by atoms with Gasteiger partial charge in [-0.2, -0.15) is 0 Å². The second kappa shape index (κ2) is 8.61. The molecule has 0 saturated carbocycles. The van der Waals surface area contributed by atoms with Gasteiger partial charge in [0.1, 0.15) is 23.9 Å². The van der Waals surface area contributed by atoms with E-state index in [0.29, 0.717) is 17.9 Å². The van der Waals surface area contributed by atoms with Crippen molar-refractivity contribution in [2.75, 3.05) is 6.61 Å². The summed E-state index contributed by atoms with van der Waals surface area (Å²) in [4.78, 5) is 4.58. The molecule has 0 saturated heterocycles. The van der Waals surface area contributed by atoms with Crippen LogP contribution in [0.2, 0.25) is 0 Å². The number of phenolic OH excluding ortho intramolecular Hbond substituents is 1. The van der Waals surface area contributed by atoms with E-state index in [1.54, 1.807) is 12.3 Å². The fraction of sp³-hybridized carbons (Fsp3) is 0.167. The SMILES string of the molecule is C[n+]1ccn(CCCOc2ccc(C=Nc3cccc4ccccc34)c(O)c2)c1. The molecule has 0 bridgehead atoms. The van der Waals surface area contributed by atoms with Crippen LogP contribution < -0.4 is 9.30 Å². The second-order valence-electron chi connectivity index (χ2n) is 7.00. The van der Waals surface area contributed by atoms with E-state index in [1.165, 1.54) is 0 Å². The Bertz CT molecular complexity index is 1140. The van der Waals surface area contributed by atoms with Gasteiger partial charge < -0.3 is 9.84 Å². The summed E-state index contributed by atoms with van der Waals surface area (Å²) in [6.07, 6.45) is 8.66. The molecule has 0 aliphatic carbocycles. The smallest absolute Gasteiger partial charge is 0.243 e. The van der Waals surface area contributed by atoms with Gasteiger partial charge in [0.25, 0.3) is 0 Å². The Kier molecular flexibility index (Phi) is 5.56. The number of hydrogen-bond donors (Lipinski definition) is 1. The van der Waals surface area contributed by atoms with Crippen molar-refractivity contribution in [3.8, 4) is 11.5 Å². The van der Waals surface area contributed by atoms with Gasteiger partial charge in [-0.25, -0.2) is 9.13 Å². The average molecular weight is 386 g/mol. The molecule has 0 atom stereocenters. The molecule has 1 aromatic heterocycles. The van der Waals surface area contributed by atoms with Crippen LogP contribution in [0.4, 0.5) is 5.69 Å². The van der Waals surface area contributed by atoms with Gasteiger partial charge >= 0.3 is 0 Å². The van der Waals surface area contributed by atoms with Crippen LogP contribution in [-0.2, 0) is 13.6 Å². The zero-order valence-corrected chi connectivity index (χ0v) is 16.4. The van der Waals surface area contributed by atoms with Crippen LogP contribution in [0, 0.1) is 0 Å². The summed E-state index contributed by atoms with van der Waals surface area (Å²) in [5, 5.41) is 12.6. The highest BCUT2D eigenvalue weighted by atomic mass is 16.5. The van der Waals surface area contributed by atoms with Gasteiger partial charge in [-0.3, -0.25) is 4.99 Å². The van der Waals surface area contributed by atoms with Gasteiger partial charge in [0, 0.05) is 29.7 Å². The summed E-state index contributed by atoms with van der Waals surface area (Å²) in [5.41, 5.74) is 1.53. The van der Waals surface area contributed by atoms with E-state index >= 15 is 0 Å². The molecule has 5 nitrogen and oxygen atoms in total. The summed E-state index contributed by atoms with van der Waals surface area (Å²) < 4.78 is 9.90. The van der Waals surface area contributed by atoms with Crippen LogP contribution in [0.3, 0.4) is 0 Å². The average Bonchev–Trinajstić information content (AvgIpc) is 3.15. The molecule has 0 fully saturated rings. The Hall–Kier alpha value is -3.60. The van der Waals surface area contributed by atoms with Crippen LogP contribution in [-0.4, -0.2) is 22.5 Å². The molecule has 1 N–H and O–H groups in total. The third kappa shape index (κ3) is 4.63. The first-order valence-corrected chi connectivity index (χ1v) is 9.68. The topological polar surface area (TPSA) is 50.6 Å². The molecule has 4 aromatic rings. The van der Waals surface area contributed by atoms with Crippen LogP contribution in [0.5, 0.6) is 11.5 Å². The number of aryl methyl sites for hydroxylation is 2. The van der Waals surface area contributed by atoms with Gasteiger partial charge in [-0.05, 0) is 23.6 Å². The highest BCUT2D eigenvalue weighted by Crippen LogP contribution is 2.27. The fourth-order valence-electron chi connectivity index (χ4n) is 3.25. The van der Waals surface area contributed by atoms with Crippen molar-refractivity contribution in [2.45, 2.75) is 13.0 Å². The maximum Gasteiger partial charge on any atom is 0.243 e. The lowest BCUT2D eigenvalue weighted by Crippen LogP contribution is -2.23. The van der Waals surface area contributed by atoms with Crippen molar-refractivity contribution in [1.29, 1.82) is 0 Å². The van der Waals surface area contributed by atoms with E-state index in [2.05, 4.69) is 21.7 Å². The van der Waals surface area contributed by atoms with E-state index in [4.69, 9.17) is 4.74 Å². The molecule has 0 radical (unpaired) electrons. The lowest BCUT2D eigenvalue weighted by atomic mass is 10.1. The predicted octanol–water partition coefficient (Wildman–Crippen LogP) is 4.39. The Morgan fingerprint density at radius 1 is 1.10 bits per heavy atom. The lowest BCUT2D eigenvalue weighted by molar-refractivity contribution is -0.671. The van der Waals surface area contributed by atoms with Crippen molar-refractivity contribution >= 4 is 22.7 Å². The van der Waals surface area contributed by atoms with Gasteiger partial charge in [-0.1, -0.05) is 36.4 Å². The van der Waals surface area contributed by atoms with Crippen LogP contribution in [0.1, 0.15) is 12.0 Å². The number of rotatable bonds is 7. The summed E-state index contributed by atoms with van der Waals surface area (Å²) >= 11 is 0. The van der Waals surface area contributed by atoms with Crippen molar-refractivity contribution in [3.63, 3.8) is 0 Å². The number of nitrogens with zero attached hydrogens (tertiary/aromatic N) is 3. The molecular formula is C24H24N3O2+. The molecule has 0 aliphatic rings. The van der Waals surface area contributed by atoms with Crippen LogP contribution in [0.15, 0.2) is 84.4 Å². The summed E-state index contributed by atoms with van der Waals surface area (Å²) in [7, 11) is 2.00. The van der Waals surface area contributed by atoms with Gasteiger partial charge in [0.05, 0.1) is 25.9 Å². The number of hydrogen-bond acceptors (Lipinski definition) is 3. The van der Waals surface area contributed by atoms with E-state index in [1.807, 2.05) is 72.8 Å². The Labute approximate surface area is 170 Å². The first kappa shape index (κ1) is 18.7. The highest BCUT2D eigenvalue weighted by Gasteiger charge is 2.04. The number of imidazole rings is 1. The van der Waals surface area contributed by atoms with Crippen molar-refractivity contribution in [3.05, 3.63) is 84.9 Å². The maximum atomic E-state index is 10.3. The third-order valence-electron chi connectivity index (χ3n) is 4.76. The quantitative estimate of drug-likeness (QED) is 0.291. The number of aromatic nitrogens is 2. The molecule has 4 rings (SSSR count). The van der Waals surface area contributed by atoms with Crippen LogP contribution in [0.25, 0.3) is 10.8 Å². The monoisotopic (exact) mass is 386 g/mol. The molecular weight excluding hydrogens is 362 g/mol. The predicted molar refractivity (Wildman–Crippen MR) is 115 cm³/mol. The lowest BCUT2D eigenvalue weighted by Gasteiger charge is -2.07. The molecule has 0 unspecified atom stereocenters. The molecule has 0 spiro atoms. The summed E-state index contributed by atoms with van der Waals surface area (Å²) in [6, 6.07) is 19.5. The first-order chi connectivity index (χ1) is 14.2. The minimum absolute atomic E-state index is 0.156. The van der Waals surface area contributed by atoms with E-state index < -0.39 is 0 Å². The first-order valence-electron chi connectivity index (χ1n) is 9.68. The standard InChI is InChI=1S/C24H23N3O2/c1-26-13-14-27(18-26)12-5-15-29-21-11-10-20(24(28)16-21)17-25-23-9-4-7-19-6-2-3-8-22(19)23/h2-4,6-11,13-14,16-18H,5,12,15H2,1H3/p+1. The largest absolute Gasteiger partial charge is 0.507 e. The van der Waals surface area contributed by atoms with Crippen molar-refractivity contribution in [1.82, 2.24) is 4.57 Å². The van der Waals surface area contributed by atoms with E-state index in [0.717, 1.165) is 29.4 Å². The molecule has 0 amide bonds. The highest BCUT2D eigenvalue weighted by molar-refractivity contribution is 5.95. The van der Waals surface area contributed by atoms with E-state index in [9.17, 15) is 5.11 Å². The van der Waals surface area contributed by atoms with E-state index in [-0.39, 0.29) is 5.75 Å². The number of aromatic hydroxyl groups is 1. The number of aliphatic imine (C=N–C) groups is 1. The number of benzene rings is 3. The summed E-state index contributed by atoms with van der Waals surface area (Å²) in [5.74, 6) is 0.812. The molecule has 0 aliphatic heterocycles. The Morgan fingerprint density at radius 3 is 2.79 bits per heavy atom. The Balaban J connectivity index is 1.38. The zero-order valence-electron chi connectivity index (χ0n) is 16.4. The molecule has 5 heteroatoms. The number of phenols is 1. The number of ether oxygens (including phenoxy) is 1. The third-order valence-corrected chi connectivity index (χ3v) is 4.76. The molecule has 146 valence electrons. The summed E-state index contributed by atoms with van der Waals surface area (Å²) in [6.45, 7) is 1.48. The van der Waals surface area contributed by atoms with Gasteiger partial charge in [0.15, 0.2) is 0 Å². The second-order valence-corrected chi connectivity index (χ2v) is 7.00. The Morgan fingerprint density at radius 2 is 1.97 bits per heavy atom. The van der Waals surface area contributed by atoms with Crippen molar-refractivity contribution < 1.29 is 14.4 Å². The van der Waals surface area contributed by atoms with Crippen LogP contribution >= 0.6 is 0 Å². The minimum atomic E-state index is 0.156. The fourth-order valence-corrected chi connectivity index (χ4v) is 3.25. The molecule has 1 heterocycles. The van der Waals surface area contributed by atoms with Gasteiger partial charge in [-0.15, -0.1) is 0 Å². The van der Waals surface area contributed by atoms with Gasteiger partial charge in [0.2, 0.25) is 6.33 Å². The minimum Gasteiger partial charge on any atom is -0.507 e. The maximum absolute atomic E-state index is 10.3. The molecule has 29 heavy (non-hydrogen) atoms. The normalized spacial score (nSPS) is 11.3. The molecule has 3 aromatic carbocycles.